The van der Waals surface area contributed by atoms with Crippen LogP contribution in [0.5, 0.6) is 0 Å². The molecule has 0 spiro atoms. The first-order valence-electron chi connectivity index (χ1n) is 11.0. The van der Waals surface area contributed by atoms with Crippen LogP contribution in [-0.2, 0) is 16.0 Å². The molecular formula is C25H25Cl2N4O3+. The van der Waals surface area contributed by atoms with Gasteiger partial charge in [-0.1, -0.05) is 30.1 Å². The molecule has 3 aromatic rings. The van der Waals surface area contributed by atoms with Gasteiger partial charge in [-0.15, -0.1) is 0 Å². The van der Waals surface area contributed by atoms with E-state index >= 15 is 0 Å². The van der Waals surface area contributed by atoms with Crippen LogP contribution in [0.2, 0.25) is 10.0 Å². The fourth-order valence-corrected chi connectivity index (χ4v) is 4.38. The van der Waals surface area contributed by atoms with Gasteiger partial charge >= 0.3 is 5.91 Å². The van der Waals surface area contributed by atoms with Crippen LogP contribution in [0.4, 0.5) is 0 Å². The average Bonchev–Trinajstić information content (AvgIpc) is 3.24. The lowest BCUT2D eigenvalue weighted by Crippen LogP contribution is -2.42. The van der Waals surface area contributed by atoms with Gasteiger partial charge < -0.3 is 0 Å². The lowest BCUT2D eigenvalue weighted by Gasteiger charge is -2.17. The van der Waals surface area contributed by atoms with Crippen LogP contribution in [0, 0.1) is 13.8 Å². The van der Waals surface area contributed by atoms with Gasteiger partial charge in [-0.3, -0.25) is 24.4 Å². The van der Waals surface area contributed by atoms with Crippen molar-refractivity contribution in [2.75, 3.05) is 0 Å². The Morgan fingerprint density at radius 1 is 1.00 bits per heavy atom. The molecule has 7 nitrogen and oxygen atoms in total. The quantitative estimate of drug-likeness (QED) is 0.424. The number of pyridine rings is 1. The number of hydrogen-bond acceptors (Lipinski definition) is 3. The summed E-state index contributed by atoms with van der Waals surface area (Å²) in [5.41, 5.74) is 3.00. The third-order valence-electron chi connectivity index (χ3n) is 6.04. The number of amides is 2. The van der Waals surface area contributed by atoms with E-state index in [1.807, 2.05) is 26.8 Å². The molecule has 34 heavy (non-hydrogen) atoms. The molecule has 3 heterocycles. The Morgan fingerprint density at radius 3 is 2.29 bits per heavy atom. The Hall–Kier alpha value is -3.16. The number of halogens is 2. The highest BCUT2D eigenvalue weighted by molar-refractivity contribution is 6.44. The first-order chi connectivity index (χ1) is 16.1. The van der Waals surface area contributed by atoms with E-state index in [1.165, 1.54) is 9.58 Å². The zero-order valence-corrected chi connectivity index (χ0v) is 21.1. The number of aromatic nitrogens is 3. The lowest BCUT2D eigenvalue weighted by molar-refractivity contribution is -0.577. The first kappa shape index (κ1) is 24.0. The van der Waals surface area contributed by atoms with E-state index in [1.54, 1.807) is 49.0 Å². The van der Waals surface area contributed by atoms with Gasteiger partial charge in [0, 0.05) is 23.4 Å². The number of nitrogens with zero attached hydrogens (tertiary/aromatic N) is 3. The Labute approximate surface area is 207 Å². The molecule has 0 atom stereocenters. The Balaban J connectivity index is 2.03. The summed E-state index contributed by atoms with van der Waals surface area (Å²) in [5.74, 6) is -0.931. The van der Waals surface area contributed by atoms with Crippen LogP contribution >= 0.6 is 23.2 Å². The number of rotatable bonds is 5. The minimum absolute atomic E-state index is 0.0869. The van der Waals surface area contributed by atoms with E-state index < -0.39 is 17.4 Å². The number of benzene rings is 1. The normalized spacial score (nSPS) is 14.2. The predicted molar refractivity (Wildman–Crippen MR) is 132 cm³/mol. The monoisotopic (exact) mass is 499 g/mol. The van der Waals surface area contributed by atoms with Crippen molar-refractivity contribution >= 4 is 46.3 Å². The molecule has 4 rings (SSSR count). The average molecular weight is 500 g/mol. The van der Waals surface area contributed by atoms with E-state index in [2.05, 4.69) is 5.10 Å². The molecule has 0 unspecified atom stereocenters. The van der Waals surface area contributed by atoms with E-state index in [4.69, 9.17) is 23.2 Å². The maximum atomic E-state index is 13.7. The van der Waals surface area contributed by atoms with Gasteiger partial charge in [0.15, 0.2) is 12.4 Å². The summed E-state index contributed by atoms with van der Waals surface area (Å²) in [5, 5.41) is 3.75. The van der Waals surface area contributed by atoms with Crippen molar-refractivity contribution in [3.05, 3.63) is 79.4 Å². The molecular weight excluding hydrogens is 475 g/mol. The molecule has 0 saturated carbocycles. The summed E-state index contributed by atoms with van der Waals surface area (Å²) in [6, 6.07) is 6.33. The predicted octanol–water partition coefficient (Wildman–Crippen LogP) is 4.08. The maximum Gasteiger partial charge on any atom is 0.327 e. The third-order valence-corrected chi connectivity index (χ3v) is 6.77. The van der Waals surface area contributed by atoms with E-state index in [9.17, 15) is 14.4 Å². The third kappa shape index (κ3) is 3.79. The van der Waals surface area contributed by atoms with Crippen molar-refractivity contribution < 1.29 is 14.2 Å². The largest absolute Gasteiger partial charge is 0.327 e. The molecule has 0 fully saturated rings. The van der Waals surface area contributed by atoms with E-state index in [-0.39, 0.29) is 22.9 Å². The van der Waals surface area contributed by atoms with Gasteiger partial charge in [-0.2, -0.15) is 4.57 Å². The zero-order valence-electron chi connectivity index (χ0n) is 19.6. The zero-order chi connectivity index (χ0) is 24.9. The lowest BCUT2D eigenvalue weighted by atomic mass is 10.0. The van der Waals surface area contributed by atoms with Gasteiger partial charge in [0.2, 0.25) is 0 Å². The molecule has 0 aliphatic carbocycles. The van der Waals surface area contributed by atoms with Crippen molar-refractivity contribution in [2.45, 2.75) is 47.1 Å². The number of aryl methyl sites for hydroxylation is 3. The summed E-state index contributed by atoms with van der Waals surface area (Å²) < 4.78 is 2.96. The Morgan fingerprint density at radius 2 is 1.71 bits per heavy atom. The summed E-state index contributed by atoms with van der Waals surface area (Å²) in [6.45, 7) is 9.31. The van der Waals surface area contributed by atoms with Crippen molar-refractivity contribution in [2.24, 2.45) is 0 Å². The summed E-state index contributed by atoms with van der Waals surface area (Å²) >= 11 is 12.2. The van der Waals surface area contributed by atoms with Crippen LogP contribution in [-0.4, -0.2) is 32.5 Å². The molecule has 0 radical (unpaired) electrons. The molecule has 2 aromatic heterocycles. The van der Waals surface area contributed by atoms with Crippen LogP contribution in [0.25, 0.3) is 17.0 Å². The fourth-order valence-electron chi connectivity index (χ4n) is 4.09. The van der Waals surface area contributed by atoms with E-state index in [0.717, 1.165) is 11.1 Å². The highest BCUT2D eigenvalue weighted by Gasteiger charge is 2.48. The highest BCUT2D eigenvalue weighted by Crippen LogP contribution is 2.32. The molecule has 0 saturated heterocycles. The maximum absolute atomic E-state index is 13.7. The van der Waals surface area contributed by atoms with Gasteiger partial charge in [0.05, 0.1) is 21.3 Å². The Bertz CT molecular complexity index is 1430. The number of aromatic amines is 1. The Kier molecular flexibility index (Phi) is 6.27. The van der Waals surface area contributed by atoms with Crippen LogP contribution in [0.3, 0.4) is 0 Å². The topological polar surface area (TPSA) is 79.1 Å². The molecule has 9 heteroatoms. The highest BCUT2D eigenvalue weighted by atomic mass is 35.5. The smallest absolute Gasteiger partial charge is 0.294 e. The summed E-state index contributed by atoms with van der Waals surface area (Å²) in [7, 11) is 0. The summed E-state index contributed by atoms with van der Waals surface area (Å²) in [4.78, 5) is 42.0. The van der Waals surface area contributed by atoms with Crippen molar-refractivity contribution in [1.29, 1.82) is 0 Å². The fraction of sp³-hybridized carbons (Fsp3) is 0.280. The minimum atomic E-state index is -0.493. The molecule has 0 bridgehead atoms. The van der Waals surface area contributed by atoms with E-state index in [0.29, 0.717) is 27.8 Å². The number of imide groups is 1. The molecule has 1 aliphatic rings. The number of carbonyl (C=O) groups is 2. The number of hydrogen-bond donors (Lipinski definition) is 1. The van der Waals surface area contributed by atoms with Gasteiger partial charge in [0.25, 0.3) is 17.2 Å². The second kappa shape index (κ2) is 8.89. The number of carbonyl (C=O) groups excluding carboxylic acids is 2. The number of nitrogens with one attached hydrogen (secondary N) is 1. The van der Waals surface area contributed by atoms with Crippen LogP contribution < -0.4 is 10.1 Å². The standard InChI is InChI=1S/C25H24Cl2N4O3/c1-6-19-20(24(33)31(28-19)16-7-8-17(26)18(27)11-16)21-22(25(34)30(13(2)3)23(21)32)29-10-9-14(4)15(5)12-29/h7-13H,6H2,1-5H3/p+1. The van der Waals surface area contributed by atoms with Crippen LogP contribution in [0.1, 0.15) is 43.2 Å². The minimum Gasteiger partial charge on any atom is -0.294 e. The molecule has 176 valence electrons. The first-order valence-corrected chi connectivity index (χ1v) is 11.7. The van der Waals surface area contributed by atoms with Gasteiger partial charge in [-0.05, 0) is 57.9 Å². The number of H-pyrrole nitrogens is 1. The van der Waals surface area contributed by atoms with Gasteiger partial charge in [0.1, 0.15) is 5.57 Å². The van der Waals surface area contributed by atoms with Crippen LogP contribution in [0.15, 0.2) is 41.5 Å². The van der Waals surface area contributed by atoms with Crippen molar-refractivity contribution in [1.82, 2.24) is 14.7 Å². The van der Waals surface area contributed by atoms with Crippen molar-refractivity contribution in [3.8, 4) is 5.69 Å². The van der Waals surface area contributed by atoms with Crippen molar-refractivity contribution in [3.63, 3.8) is 0 Å². The molecule has 1 N–H and O–H groups in total. The second-order valence-corrected chi connectivity index (χ2v) is 9.39. The van der Waals surface area contributed by atoms with Gasteiger partial charge in [-0.25, -0.2) is 4.68 Å². The molecule has 1 aliphatic heterocycles. The molecule has 2 amide bonds. The second-order valence-electron chi connectivity index (χ2n) is 8.57. The summed E-state index contributed by atoms with van der Waals surface area (Å²) in [6.07, 6.45) is 3.98. The SMILES string of the molecule is CCc1[nH]n(-c2ccc(Cl)c(Cl)c2)c(=O)c1C1=C([n+]2ccc(C)c(C)c2)C(=O)N(C(C)C)C1=O. The molecule has 1 aromatic carbocycles.